The van der Waals surface area contributed by atoms with Crippen LogP contribution in [0.3, 0.4) is 0 Å². The summed E-state index contributed by atoms with van der Waals surface area (Å²) in [6.45, 7) is 0. The first-order valence-electron chi connectivity index (χ1n) is 6.68. The summed E-state index contributed by atoms with van der Waals surface area (Å²) in [6.07, 6.45) is 0.218. The van der Waals surface area contributed by atoms with E-state index in [0.29, 0.717) is 11.1 Å². The zero-order chi connectivity index (χ0) is 14.9. The Morgan fingerprint density at radius 2 is 1.76 bits per heavy atom. The number of methoxy groups -OCH3 is 1. The first-order chi connectivity index (χ1) is 10.1. The minimum absolute atomic E-state index is 0.0737. The summed E-state index contributed by atoms with van der Waals surface area (Å²) in [6, 6.07) is 15.0. The molecule has 1 atom stereocenters. The van der Waals surface area contributed by atoms with Gasteiger partial charge in [-0.2, -0.15) is 0 Å². The number of hydrogen-bond acceptors (Lipinski definition) is 4. The molecular formula is C16H15O4P. The van der Waals surface area contributed by atoms with E-state index in [1.54, 1.807) is 6.07 Å². The predicted octanol–water partition coefficient (Wildman–Crippen LogP) is 3.21. The van der Waals surface area contributed by atoms with E-state index in [1.165, 1.54) is 7.11 Å². The molecule has 1 heterocycles. The van der Waals surface area contributed by atoms with Crippen LogP contribution in [-0.2, 0) is 14.1 Å². The van der Waals surface area contributed by atoms with E-state index in [2.05, 4.69) is 4.74 Å². The van der Waals surface area contributed by atoms with Gasteiger partial charge in [0.1, 0.15) is 5.75 Å². The lowest BCUT2D eigenvalue weighted by Gasteiger charge is -2.28. The average molecular weight is 302 g/mol. The van der Waals surface area contributed by atoms with Crippen molar-refractivity contribution < 1.29 is 18.6 Å². The lowest BCUT2D eigenvalue weighted by molar-refractivity contribution is -0.140. The standard InChI is InChI=1S/C16H15O4P/c1-19-16(17)10-11-21(18)15-9-5-3-7-13(15)12-6-2-4-8-14(12)20-21/h2-9H,10-11H2,1H3. The van der Waals surface area contributed by atoms with Crippen molar-refractivity contribution in [2.24, 2.45) is 0 Å². The lowest BCUT2D eigenvalue weighted by Crippen LogP contribution is -2.21. The minimum atomic E-state index is -3.10. The first kappa shape index (κ1) is 13.9. The number of para-hydroxylation sites is 1. The highest BCUT2D eigenvalue weighted by Gasteiger charge is 2.35. The molecule has 1 unspecified atom stereocenters. The Hall–Kier alpha value is -2.06. The van der Waals surface area contributed by atoms with Crippen LogP contribution in [-0.4, -0.2) is 19.2 Å². The van der Waals surface area contributed by atoms with Crippen LogP contribution in [0.4, 0.5) is 0 Å². The van der Waals surface area contributed by atoms with E-state index >= 15 is 0 Å². The van der Waals surface area contributed by atoms with Gasteiger partial charge < -0.3 is 9.26 Å². The van der Waals surface area contributed by atoms with Crippen molar-refractivity contribution in [3.63, 3.8) is 0 Å². The predicted molar refractivity (Wildman–Crippen MR) is 81.2 cm³/mol. The molecule has 21 heavy (non-hydrogen) atoms. The fourth-order valence-electron chi connectivity index (χ4n) is 2.48. The Kier molecular flexibility index (Phi) is 3.56. The van der Waals surface area contributed by atoms with Crippen LogP contribution in [0.1, 0.15) is 6.42 Å². The van der Waals surface area contributed by atoms with Gasteiger partial charge in [-0.1, -0.05) is 36.4 Å². The zero-order valence-corrected chi connectivity index (χ0v) is 12.5. The molecule has 0 aliphatic carbocycles. The van der Waals surface area contributed by atoms with E-state index in [0.717, 1.165) is 11.1 Å². The van der Waals surface area contributed by atoms with Crippen LogP contribution < -0.4 is 9.83 Å². The number of esters is 1. The normalized spacial score (nSPS) is 19.1. The van der Waals surface area contributed by atoms with Crippen molar-refractivity contribution in [2.45, 2.75) is 6.42 Å². The number of carbonyl (C=O) groups is 1. The monoisotopic (exact) mass is 302 g/mol. The minimum Gasteiger partial charge on any atom is -0.469 e. The van der Waals surface area contributed by atoms with E-state index < -0.39 is 7.37 Å². The third-order valence-electron chi connectivity index (χ3n) is 3.53. The van der Waals surface area contributed by atoms with E-state index in [-0.39, 0.29) is 18.6 Å². The number of hydrogen-bond donors (Lipinski definition) is 0. The molecule has 108 valence electrons. The number of ether oxygens (including phenoxy) is 1. The molecule has 0 aromatic heterocycles. The Morgan fingerprint density at radius 3 is 2.52 bits per heavy atom. The summed E-state index contributed by atoms with van der Waals surface area (Å²) in [5.41, 5.74) is 1.84. The van der Waals surface area contributed by atoms with Crippen LogP contribution in [0.15, 0.2) is 48.5 Å². The quantitative estimate of drug-likeness (QED) is 0.645. The smallest absolute Gasteiger partial charge is 0.306 e. The molecule has 5 heteroatoms. The van der Waals surface area contributed by atoms with Gasteiger partial charge in [0, 0.05) is 11.7 Å². The summed E-state index contributed by atoms with van der Waals surface area (Å²) in [7, 11) is -1.78. The summed E-state index contributed by atoms with van der Waals surface area (Å²) < 4.78 is 23.6. The molecule has 0 saturated heterocycles. The van der Waals surface area contributed by atoms with Gasteiger partial charge >= 0.3 is 5.97 Å². The second kappa shape index (κ2) is 5.38. The Balaban J connectivity index is 2.05. The van der Waals surface area contributed by atoms with Crippen molar-refractivity contribution in [3.8, 4) is 16.9 Å². The number of rotatable bonds is 3. The van der Waals surface area contributed by atoms with Gasteiger partial charge in [0.2, 0.25) is 0 Å². The van der Waals surface area contributed by atoms with E-state index in [9.17, 15) is 9.36 Å². The number of fused-ring (bicyclic) bond motifs is 3. The number of benzene rings is 2. The van der Waals surface area contributed by atoms with Crippen molar-refractivity contribution in [1.29, 1.82) is 0 Å². The Bertz CT molecular complexity index is 739. The van der Waals surface area contributed by atoms with E-state index in [4.69, 9.17) is 4.52 Å². The summed E-state index contributed by atoms with van der Waals surface area (Å²) in [5, 5.41) is 0.674. The number of carbonyl (C=O) groups excluding carboxylic acids is 1. The van der Waals surface area contributed by atoms with E-state index in [1.807, 2.05) is 42.5 Å². The fourth-order valence-corrected chi connectivity index (χ4v) is 4.74. The second-order valence-electron chi connectivity index (χ2n) is 4.83. The van der Waals surface area contributed by atoms with Crippen LogP contribution in [0, 0.1) is 0 Å². The maximum Gasteiger partial charge on any atom is 0.306 e. The Labute approximate surface area is 123 Å². The second-order valence-corrected chi connectivity index (χ2v) is 7.29. The maximum atomic E-state index is 13.2. The van der Waals surface area contributed by atoms with Gasteiger partial charge in [-0.25, -0.2) is 0 Å². The summed E-state index contributed by atoms with van der Waals surface area (Å²) in [4.78, 5) is 11.4. The van der Waals surface area contributed by atoms with Gasteiger partial charge in [0.15, 0.2) is 0 Å². The molecule has 2 aromatic carbocycles. The first-order valence-corrected chi connectivity index (χ1v) is 8.49. The SMILES string of the molecule is COC(=O)CCP1(=O)Oc2ccccc2-c2ccccc21. The topological polar surface area (TPSA) is 52.6 Å². The van der Waals surface area contributed by atoms with Crippen LogP contribution >= 0.6 is 7.37 Å². The van der Waals surface area contributed by atoms with Crippen molar-refractivity contribution >= 4 is 18.6 Å². The molecule has 0 amide bonds. The highest BCUT2D eigenvalue weighted by atomic mass is 31.2. The van der Waals surface area contributed by atoms with Crippen LogP contribution in [0.5, 0.6) is 5.75 Å². The molecule has 0 saturated carbocycles. The zero-order valence-electron chi connectivity index (χ0n) is 11.6. The highest BCUT2D eigenvalue weighted by molar-refractivity contribution is 7.67. The van der Waals surface area contributed by atoms with Gasteiger partial charge in [0.25, 0.3) is 7.37 Å². The third kappa shape index (κ3) is 2.47. The molecule has 0 bridgehead atoms. The highest BCUT2D eigenvalue weighted by Crippen LogP contribution is 2.54. The molecule has 0 radical (unpaired) electrons. The molecule has 1 aliphatic rings. The van der Waals surface area contributed by atoms with Crippen LogP contribution in [0.25, 0.3) is 11.1 Å². The molecule has 0 fully saturated rings. The Morgan fingerprint density at radius 1 is 1.10 bits per heavy atom. The van der Waals surface area contributed by atoms with Gasteiger partial charge in [-0.05, 0) is 17.7 Å². The molecule has 0 spiro atoms. The largest absolute Gasteiger partial charge is 0.469 e. The molecule has 2 aromatic rings. The van der Waals surface area contributed by atoms with Crippen molar-refractivity contribution in [1.82, 2.24) is 0 Å². The molecule has 1 aliphatic heterocycles. The van der Waals surface area contributed by atoms with Crippen LogP contribution in [0.2, 0.25) is 0 Å². The molecule has 0 N–H and O–H groups in total. The van der Waals surface area contributed by atoms with Crippen molar-refractivity contribution in [2.75, 3.05) is 13.3 Å². The fraction of sp³-hybridized carbons (Fsp3) is 0.188. The third-order valence-corrected chi connectivity index (χ3v) is 5.96. The summed E-state index contributed by atoms with van der Waals surface area (Å²) >= 11 is 0. The maximum absolute atomic E-state index is 13.2. The van der Waals surface area contributed by atoms with Gasteiger partial charge in [-0.3, -0.25) is 9.36 Å². The lowest BCUT2D eigenvalue weighted by atomic mass is 10.0. The molecular weight excluding hydrogens is 287 g/mol. The molecule has 4 nitrogen and oxygen atoms in total. The summed E-state index contributed by atoms with van der Waals surface area (Å²) in [5.74, 6) is 0.217. The average Bonchev–Trinajstić information content (AvgIpc) is 2.53. The van der Waals surface area contributed by atoms with Gasteiger partial charge in [-0.15, -0.1) is 0 Å². The van der Waals surface area contributed by atoms with Crippen molar-refractivity contribution in [3.05, 3.63) is 48.5 Å². The van der Waals surface area contributed by atoms with Gasteiger partial charge in [0.05, 0.1) is 18.8 Å². The molecule has 3 rings (SSSR count).